The standard InChI is InChI=1S/C22H20ClN3/c1-16(18-7-3-2-4-8-18)24-14-17-11-12-19(23)22(13-17)26-15-25-20-9-5-6-10-21(20)26/h2-13,15-16,24H,14H2,1H3. The summed E-state index contributed by atoms with van der Waals surface area (Å²) in [6.45, 7) is 2.95. The second-order valence-electron chi connectivity index (χ2n) is 6.40. The van der Waals surface area contributed by atoms with Crippen LogP contribution in [0, 0.1) is 0 Å². The normalized spacial score (nSPS) is 12.4. The molecule has 0 aliphatic carbocycles. The van der Waals surface area contributed by atoms with E-state index >= 15 is 0 Å². The molecule has 3 aromatic carbocycles. The highest BCUT2D eigenvalue weighted by Crippen LogP contribution is 2.26. The smallest absolute Gasteiger partial charge is 0.100 e. The van der Waals surface area contributed by atoms with Crippen molar-refractivity contribution < 1.29 is 0 Å². The predicted octanol–water partition coefficient (Wildman–Crippen LogP) is 5.53. The molecule has 0 aliphatic rings. The van der Waals surface area contributed by atoms with Crippen LogP contribution in [-0.2, 0) is 6.54 Å². The molecule has 26 heavy (non-hydrogen) atoms. The first kappa shape index (κ1) is 16.8. The number of benzene rings is 3. The third-order valence-electron chi connectivity index (χ3n) is 4.64. The summed E-state index contributed by atoms with van der Waals surface area (Å²) < 4.78 is 2.04. The molecule has 0 bridgehead atoms. The molecule has 4 rings (SSSR count). The molecular weight excluding hydrogens is 342 g/mol. The fourth-order valence-electron chi connectivity index (χ4n) is 3.13. The first-order valence-corrected chi connectivity index (χ1v) is 9.09. The van der Waals surface area contributed by atoms with E-state index in [4.69, 9.17) is 11.6 Å². The number of imidazole rings is 1. The fourth-order valence-corrected chi connectivity index (χ4v) is 3.34. The lowest BCUT2D eigenvalue weighted by molar-refractivity contribution is 0.574. The second-order valence-corrected chi connectivity index (χ2v) is 6.81. The van der Waals surface area contributed by atoms with E-state index in [1.165, 1.54) is 11.1 Å². The quantitative estimate of drug-likeness (QED) is 0.506. The minimum absolute atomic E-state index is 0.282. The van der Waals surface area contributed by atoms with Crippen molar-refractivity contribution in [2.75, 3.05) is 0 Å². The van der Waals surface area contributed by atoms with E-state index < -0.39 is 0 Å². The SMILES string of the molecule is CC(NCc1ccc(Cl)c(-n2cnc3ccccc32)c1)c1ccccc1. The van der Waals surface area contributed by atoms with Crippen molar-refractivity contribution in [2.24, 2.45) is 0 Å². The van der Waals surface area contributed by atoms with Gasteiger partial charge in [-0.2, -0.15) is 0 Å². The Hall–Kier alpha value is -2.62. The van der Waals surface area contributed by atoms with Gasteiger partial charge in [-0.15, -0.1) is 0 Å². The Balaban J connectivity index is 1.59. The molecule has 1 unspecified atom stereocenters. The number of aromatic nitrogens is 2. The van der Waals surface area contributed by atoms with Gasteiger partial charge in [0.25, 0.3) is 0 Å². The number of rotatable bonds is 5. The van der Waals surface area contributed by atoms with Gasteiger partial charge in [0.15, 0.2) is 0 Å². The van der Waals surface area contributed by atoms with Crippen LogP contribution in [-0.4, -0.2) is 9.55 Å². The molecule has 3 nitrogen and oxygen atoms in total. The highest BCUT2D eigenvalue weighted by molar-refractivity contribution is 6.32. The average molecular weight is 362 g/mol. The molecule has 1 atom stereocenters. The van der Waals surface area contributed by atoms with E-state index in [1.807, 2.05) is 41.2 Å². The van der Waals surface area contributed by atoms with Crippen LogP contribution in [0.4, 0.5) is 0 Å². The Bertz CT molecular complexity index is 1020. The topological polar surface area (TPSA) is 29.9 Å². The number of fused-ring (bicyclic) bond motifs is 1. The van der Waals surface area contributed by atoms with Gasteiger partial charge < -0.3 is 5.32 Å². The molecule has 1 N–H and O–H groups in total. The zero-order chi connectivity index (χ0) is 17.9. The van der Waals surface area contributed by atoms with E-state index in [-0.39, 0.29) is 6.04 Å². The summed E-state index contributed by atoms with van der Waals surface area (Å²) in [7, 11) is 0. The van der Waals surface area contributed by atoms with Crippen LogP contribution in [0.15, 0.2) is 79.1 Å². The number of hydrogen-bond acceptors (Lipinski definition) is 2. The van der Waals surface area contributed by atoms with Crippen LogP contribution in [0.5, 0.6) is 0 Å². The molecule has 0 amide bonds. The summed E-state index contributed by atoms with van der Waals surface area (Å²) in [4.78, 5) is 4.47. The van der Waals surface area contributed by atoms with Gasteiger partial charge in [-0.05, 0) is 42.3 Å². The number of hydrogen-bond donors (Lipinski definition) is 1. The molecule has 0 spiro atoms. The van der Waals surface area contributed by atoms with Crippen molar-refractivity contribution in [3.05, 3.63) is 95.3 Å². The predicted molar refractivity (Wildman–Crippen MR) is 108 cm³/mol. The van der Waals surface area contributed by atoms with Gasteiger partial charge in [-0.3, -0.25) is 4.57 Å². The van der Waals surface area contributed by atoms with E-state index in [1.54, 1.807) is 0 Å². The molecule has 0 radical (unpaired) electrons. The van der Waals surface area contributed by atoms with Crippen molar-refractivity contribution in [1.82, 2.24) is 14.9 Å². The van der Waals surface area contributed by atoms with E-state index in [2.05, 4.69) is 59.7 Å². The van der Waals surface area contributed by atoms with Crippen LogP contribution in [0.3, 0.4) is 0 Å². The first-order chi connectivity index (χ1) is 12.7. The van der Waals surface area contributed by atoms with E-state index in [0.717, 1.165) is 23.3 Å². The van der Waals surface area contributed by atoms with Crippen LogP contribution in [0.2, 0.25) is 5.02 Å². The molecule has 4 heteroatoms. The third kappa shape index (κ3) is 3.36. The van der Waals surface area contributed by atoms with Gasteiger partial charge in [0, 0.05) is 12.6 Å². The van der Waals surface area contributed by atoms with Gasteiger partial charge in [-0.1, -0.05) is 60.1 Å². The minimum atomic E-state index is 0.282. The van der Waals surface area contributed by atoms with Gasteiger partial charge in [0.05, 0.1) is 21.7 Å². The first-order valence-electron chi connectivity index (χ1n) is 8.71. The molecule has 0 aliphatic heterocycles. The molecule has 0 saturated carbocycles. The molecular formula is C22H20ClN3. The van der Waals surface area contributed by atoms with Gasteiger partial charge >= 0.3 is 0 Å². The maximum atomic E-state index is 6.48. The Morgan fingerprint density at radius 2 is 1.77 bits per heavy atom. The maximum Gasteiger partial charge on any atom is 0.100 e. The monoisotopic (exact) mass is 361 g/mol. The molecule has 0 fully saturated rings. The van der Waals surface area contributed by atoms with Gasteiger partial charge in [0.1, 0.15) is 6.33 Å². The number of nitrogens with zero attached hydrogens (tertiary/aromatic N) is 2. The highest BCUT2D eigenvalue weighted by Gasteiger charge is 2.10. The highest BCUT2D eigenvalue weighted by atomic mass is 35.5. The Morgan fingerprint density at radius 1 is 1.00 bits per heavy atom. The summed E-state index contributed by atoms with van der Waals surface area (Å²) >= 11 is 6.48. The molecule has 0 saturated heterocycles. The Kier molecular flexibility index (Phi) is 4.74. The van der Waals surface area contributed by atoms with Gasteiger partial charge in [-0.25, -0.2) is 4.98 Å². The number of para-hydroxylation sites is 2. The second kappa shape index (κ2) is 7.32. The zero-order valence-corrected chi connectivity index (χ0v) is 15.3. The molecule has 1 heterocycles. The number of halogens is 1. The van der Waals surface area contributed by atoms with Crippen molar-refractivity contribution >= 4 is 22.6 Å². The third-order valence-corrected chi connectivity index (χ3v) is 4.96. The molecule has 4 aromatic rings. The molecule has 130 valence electrons. The summed E-state index contributed by atoms with van der Waals surface area (Å²) in [5, 5.41) is 4.29. The van der Waals surface area contributed by atoms with Crippen LogP contribution in [0.1, 0.15) is 24.1 Å². The van der Waals surface area contributed by atoms with Crippen molar-refractivity contribution in [1.29, 1.82) is 0 Å². The lowest BCUT2D eigenvalue weighted by atomic mass is 10.1. The van der Waals surface area contributed by atoms with E-state index in [0.29, 0.717) is 5.02 Å². The summed E-state index contributed by atoms with van der Waals surface area (Å²) in [6.07, 6.45) is 1.83. The lowest BCUT2D eigenvalue weighted by Gasteiger charge is -2.15. The average Bonchev–Trinajstić information content (AvgIpc) is 3.12. The van der Waals surface area contributed by atoms with E-state index in [9.17, 15) is 0 Å². The Morgan fingerprint density at radius 3 is 2.62 bits per heavy atom. The Labute approximate surface area is 158 Å². The van der Waals surface area contributed by atoms with Crippen molar-refractivity contribution in [3.63, 3.8) is 0 Å². The van der Waals surface area contributed by atoms with Crippen molar-refractivity contribution in [2.45, 2.75) is 19.5 Å². The minimum Gasteiger partial charge on any atom is -0.306 e. The summed E-state index contributed by atoms with van der Waals surface area (Å²) in [5.41, 5.74) is 5.43. The van der Waals surface area contributed by atoms with Crippen molar-refractivity contribution in [3.8, 4) is 5.69 Å². The lowest BCUT2D eigenvalue weighted by Crippen LogP contribution is -2.18. The fraction of sp³-hybridized carbons (Fsp3) is 0.136. The maximum absolute atomic E-state index is 6.48. The summed E-state index contributed by atoms with van der Waals surface area (Å²) in [6, 6.07) is 25.0. The van der Waals surface area contributed by atoms with Crippen LogP contribution < -0.4 is 5.32 Å². The largest absolute Gasteiger partial charge is 0.306 e. The zero-order valence-electron chi connectivity index (χ0n) is 14.6. The molecule has 1 aromatic heterocycles. The van der Waals surface area contributed by atoms with Crippen LogP contribution >= 0.6 is 11.6 Å². The van der Waals surface area contributed by atoms with Crippen LogP contribution in [0.25, 0.3) is 16.7 Å². The number of nitrogens with one attached hydrogen (secondary N) is 1. The summed E-state index contributed by atoms with van der Waals surface area (Å²) in [5.74, 6) is 0. The van der Waals surface area contributed by atoms with Gasteiger partial charge in [0.2, 0.25) is 0 Å².